The van der Waals surface area contributed by atoms with Gasteiger partial charge in [0.2, 0.25) is 0 Å². The van der Waals surface area contributed by atoms with Crippen LogP contribution in [0.3, 0.4) is 0 Å². The van der Waals surface area contributed by atoms with Gasteiger partial charge < -0.3 is 10.6 Å². The molecule has 2 heterocycles. The number of aromatic nitrogens is 4. The summed E-state index contributed by atoms with van der Waals surface area (Å²) < 4.78 is 43.9. The minimum absolute atomic E-state index is 0.0112. The van der Waals surface area contributed by atoms with E-state index in [0.717, 1.165) is 23.8 Å². The summed E-state index contributed by atoms with van der Waals surface area (Å²) >= 11 is 0. The second kappa shape index (κ2) is 12.4. The Balaban J connectivity index is 1.90. The molecule has 4 rings (SSSR count). The monoisotopic (exact) mass is 550 g/mol. The Morgan fingerprint density at radius 3 is 2.42 bits per heavy atom. The summed E-state index contributed by atoms with van der Waals surface area (Å²) in [6.07, 6.45) is 1.72. The number of nitrogens with two attached hydrogens (primary N) is 1. The van der Waals surface area contributed by atoms with Gasteiger partial charge in [0.05, 0.1) is 18.2 Å². The van der Waals surface area contributed by atoms with Gasteiger partial charge in [-0.3, -0.25) is 9.78 Å². The molecule has 0 saturated heterocycles. The zero-order valence-corrected chi connectivity index (χ0v) is 22.8. The minimum atomic E-state index is -0.765. The van der Waals surface area contributed by atoms with E-state index >= 15 is 0 Å². The lowest BCUT2D eigenvalue weighted by atomic mass is 9.84. The first-order valence-corrected chi connectivity index (χ1v) is 13.1. The van der Waals surface area contributed by atoms with Gasteiger partial charge in [-0.2, -0.15) is 5.10 Å². The zero-order valence-electron chi connectivity index (χ0n) is 22.8. The summed E-state index contributed by atoms with van der Waals surface area (Å²) in [5, 5.41) is 4.60. The highest BCUT2D eigenvalue weighted by atomic mass is 19.1. The third-order valence-electron chi connectivity index (χ3n) is 6.51. The van der Waals surface area contributed by atoms with Crippen LogP contribution in [0, 0.1) is 17.0 Å². The van der Waals surface area contributed by atoms with Gasteiger partial charge in [-0.25, -0.2) is 22.8 Å². The second-order valence-electron chi connectivity index (χ2n) is 10.7. The minimum Gasteiger partial charge on any atom is -0.326 e. The van der Waals surface area contributed by atoms with Crippen LogP contribution in [0.25, 0.3) is 11.4 Å². The maximum Gasteiger partial charge on any atom is 0.273 e. The maximum atomic E-state index is 14.8. The smallest absolute Gasteiger partial charge is 0.273 e. The number of benzene rings is 2. The Morgan fingerprint density at radius 1 is 1.05 bits per heavy atom. The first-order chi connectivity index (χ1) is 19.1. The van der Waals surface area contributed by atoms with Crippen molar-refractivity contribution in [3.63, 3.8) is 0 Å². The molecule has 0 spiro atoms. The number of nitrogens with zero attached hydrogens (tertiary/aromatic N) is 5. The van der Waals surface area contributed by atoms with Crippen molar-refractivity contribution in [1.82, 2.24) is 24.6 Å². The average Bonchev–Trinajstić information content (AvgIpc) is 3.34. The van der Waals surface area contributed by atoms with Gasteiger partial charge in [0, 0.05) is 18.8 Å². The quantitative estimate of drug-likeness (QED) is 0.278. The highest BCUT2D eigenvalue weighted by Gasteiger charge is 2.39. The summed E-state index contributed by atoms with van der Waals surface area (Å²) in [7, 11) is 0. The van der Waals surface area contributed by atoms with Gasteiger partial charge in [0.1, 0.15) is 24.0 Å². The number of rotatable bonds is 10. The molecule has 0 aliphatic carbocycles. The Bertz CT molecular complexity index is 1420. The van der Waals surface area contributed by atoms with Crippen molar-refractivity contribution in [2.24, 2.45) is 11.1 Å². The Labute approximate surface area is 231 Å². The molecule has 10 heteroatoms. The molecule has 0 unspecified atom stereocenters. The number of hydrogen-bond donors (Lipinski definition) is 1. The number of carbonyl (C=O) groups excluding carboxylic acids is 1. The molecule has 0 bridgehead atoms. The van der Waals surface area contributed by atoms with Crippen LogP contribution >= 0.6 is 0 Å². The molecule has 0 radical (unpaired) electrons. The number of hydrogen-bond acceptors (Lipinski definition) is 5. The molecule has 2 atom stereocenters. The van der Waals surface area contributed by atoms with E-state index in [1.807, 2.05) is 51.1 Å². The van der Waals surface area contributed by atoms with Crippen molar-refractivity contribution in [2.45, 2.75) is 45.8 Å². The van der Waals surface area contributed by atoms with Crippen molar-refractivity contribution < 1.29 is 18.0 Å². The van der Waals surface area contributed by atoms with Crippen LogP contribution in [0.4, 0.5) is 13.2 Å². The number of pyridine rings is 1. The van der Waals surface area contributed by atoms with E-state index in [4.69, 9.17) is 10.7 Å². The van der Waals surface area contributed by atoms with E-state index in [1.54, 1.807) is 27.8 Å². The van der Waals surface area contributed by atoms with Crippen molar-refractivity contribution in [3.8, 4) is 11.4 Å². The van der Waals surface area contributed by atoms with Gasteiger partial charge in [0.15, 0.2) is 11.6 Å². The lowest BCUT2D eigenvalue weighted by Gasteiger charge is -2.39. The molecule has 4 aromatic rings. The van der Waals surface area contributed by atoms with Gasteiger partial charge in [-0.15, -0.1) is 0 Å². The molecule has 2 aromatic carbocycles. The first-order valence-electron chi connectivity index (χ1n) is 13.1. The number of carbonyl (C=O) groups is 1. The van der Waals surface area contributed by atoms with Gasteiger partial charge in [-0.05, 0) is 47.7 Å². The number of halogens is 3. The molecule has 0 aliphatic rings. The van der Waals surface area contributed by atoms with Crippen LogP contribution in [0.2, 0.25) is 0 Å². The van der Waals surface area contributed by atoms with E-state index in [0.29, 0.717) is 5.82 Å². The van der Waals surface area contributed by atoms with E-state index < -0.39 is 35.8 Å². The van der Waals surface area contributed by atoms with E-state index in [2.05, 4.69) is 10.1 Å². The molecular formula is C30H33F3N6O. The Hall–Kier alpha value is -4.05. The summed E-state index contributed by atoms with van der Waals surface area (Å²) in [5.74, 6) is -1.33. The molecule has 2 N–H and O–H groups in total. The first kappa shape index (κ1) is 28.9. The van der Waals surface area contributed by atoms with Gasteiger partial charge in [-0.1, -0.05) is 57.2 Å². The fraction of sp³-hybridized carbons (Fsp3) is 0.333. The second-order valence-corrected chi connectivity index (χ2v) is 10.7. The molecule has 0 aliphatic heterocycles. The molecule has 210 valence electrons. The standard InChI is InChI=1S/C30H33F3N6O/c1-30(2,3)26(38(16-14-22(34)18-31)29(40)25-11-7-8-15-35-25)28-36-27(23-17-21(32)12-13-24(23)33)37-39(28)19-20-9-5-4-6-10-20/h4-13,15,17,22,26H,14,16,18-19,34H2,1-3H3/t22-,26-/m0/s1. The van der Waals surface area contributed by atoms with Crippen LogP contribution in [0.5, 0.6) is 0 Å². The summed E-state index contributed by atoms with van der Waals surface area (Å²) in [4.78, 5) is 24.4. The molecule has 2 aromatic heterocycles. The van der Waals surface area contributed by atoms with E-state index in [1.165, 1.54) is 6.20 Å². The van der Waals surface area contributed by atoms with Crippen molar-refractivity contribution in [2.75, 3.05) is 13.2 Å². The van der Waals surface area contributed by atoms with Crippen molar-refractivity contribution in [3.05, 3.63) is 102 Å². The van der Waals surface area contributed by atoms with Gasteiger partial charge >= 0.3 is 0 Å². The lowest BCUT2D eigenvalue weighted by Crippen LogP contribution is -2.45. The third kappa shape index (κ3) is 6.74. The third-order valence-corrected chi connectivity index (χ3v) is 6.51. The maximum absolute atomic E-state index is 14.8. The summed E-state index contributed by atoms with van der Waals surface area (Å²) in [6, 6.07) is 16.1. The highest BCUT2D eigenvalue weighted by Crippen LogP contribution is 2.39. The molecule has 7 nitrogen and oxygen atoms in total. The average molecular weight is 551 g/mol. The molecule has 0 saturated carbocycles. The zero-order chi connectivity index (χ0) is 28.9. The fourth-order valence-corrected chi connectivity index (χ4v) is 4.57. The largest absolute Gasteiger partial charge is 0.326 e. The Morgan fingerprint density at radius 2 is 1.77 bits per heavy atom. The molecule has 40 heavy (non-hydrogen) atoms. The number of alkyl halides is 1. The Kier molecular flexibility index (Phi) is 8.99. The summed E-state index contributed by atoms with van der Waals surface area (Å²) in [6.45, 7) is 5.46. The SMILES string of the molecule is CC(C)(C)[C@H](c1nc(-c2cc(F)ccc2F)nn1Cc1ccccc1)N(CC[C@H](N)CF)C(=O)c1ccccn1. The van der Waals surface area contributed by atoms with Gasteiger partial charge in [0.25, 0.3) is 5.91 Å². The lowest BCUT2D eigenvalue weighted by molar-refractivity contribution is 0.0463. The molecule has 0 fully saturated rings. The normalized spacial score (nSPS) is 13.2. The van der Waals surface area contributed by atoms with E-state index in [9.17, 15) is 18.0 Å². The van der Waals surface area contributed by atoms with E-state index in [-0.39, 0.29) is 42.5 Å². The molecule has 1 amide bonds. The van der Waals surface area contributed by atoms with Crippen LogP contribution in [0.15, 0.2) is 72.9 Å². The van der Waals surface area contributed by atoms with Crippen molar-refractivity contribution >= 4 is 5.91 Å². The van der Waals surface area contributed by atoms with Crippen LogP contribution in [-0.4, -0.2) is 49.8 Å². The fourth-order valence-electron chi connectivity index (χ4n) is 4.57. The topological polar surface area (TPSA) is 89.9 Å². The van der Waals surface area contributed by atoms with Crippen molar-refractivity contribution in [1.29, 1.82) is 0 Å². The van der Waals surface area contributed by atoms with Crippen LogP contribution in [0.1, 0.15) is 55.1 Å². The number of amides is 1. The van der Waals surface area contributed by atoms with Crippen LogP contribution in [-0.2, 0) is 6.54 Å². The molecular weight excluding hydrogens is 517 g/mol. The van der Waals surface area contributed by atoms with Crippen LogP contribution < -0.4 is 5.73 Å². The highest BCUT2D eigenvalue weighted by molar-refractivity contribution is 5.92. The predicted molar refractivity (Wildman–Crippen MR) is 147 cm³/mol. The summed E-state index contributed by atoms with van der Waals surface area (Å²) in [5.41, 5.74) is 6.30. The predicted octanol–water partition coefficient (Wildman–Crippen LogP) is 5.58.